The van der Waals surface area contributed by atoms with Gasteiger partial charge in [-0.3, -0.25) is 4.79 Å². The van der Waals surface area contributed by atoms with Crippen LogP contribution in [0.15, 0.2) is 42.7 Å². The van der Waals surface area contributed by atoms with Gasteiger partial charge < -0.3 is 9.88 Å². The molecule has 0 saturated heterocycles. The van der Waals surface area contributed by atoms with Crippen molar-refractivity contribution in [2.75, 3.05) is 0 Å². The predicted octanol–water partition coefficient (Wildman–Crippen LogP) is 2.97. The van der Waals surface area contributed by atoms with Crippen molar-refractivity contribution in [3.63, 3.8) is 0 Å². The lowest BCUT2D eigenvalue weighted by molar-refractivity contribution is -0.121. The van der Waals surface area contributed by atoms with E-state index in [-0.39, 0.29) is 11.9 Å². The van der Waals surface area contributed by atoms with Gasteiger partial charge in [0.05, 0.1) is 0 Å². The molecule has 4 nitrogen and oxygen atoms in total. The van der Waals surface area contributed by atoms with E-state index in [0.717, 1.165) is 25.1 Å². The van der Waals surface area contributed by atoms with Gasteiger partial charge in [-0.25, -0.2) is 4.98 Å². The Kier molecular flexibility index (Phi) is 6.19. The molecule has 22 heavy (non-hydrogen) atoms. The zero-order chi connectivity index (χ0) is 15.8. The maximum absolute atomic E-state index is 12.0. The van der Waals surface area contributed by atoms with Crippen LogP contribution in [0, 0.1) is 0 Å². The highest BCUT2D eigenvalue weighted by atomic mass is 16.1. The summed E-state index contributed by atoms with van der Waals surface area (Å²) in [5.41, 5.74) is 1.31. The number of nitrogens with one attached hydrogen (secondary N) is 1. The van der Waals surface area contributed by atoms with Crippen LogP contribution in [0.2, 0.25) is 0 Å². The summed E-state index contributed by atoms with van der Waals surface area (Å²) in [5, 5.41) is 3.08. The first-order valence-electron chi connectivity index (χ1n) is 8.02. The van der Waals surface area contributed by atoms with Crippen molar-refractivity contribution in [1.82, 2.24) is 14.9 Å². The average Bonchev–Trinajstić information content (AvgIpc) is 2.99. The van der Waals surface area contributed by atoms with E-state index < -0.39 is 0 Å². The van der Waals surface area contributed by atoms with Gasteiger partial charge in [0.2, 0.25) is 5.91 Å². The summed E-state index contributed by atoms with van der Waals surface area (Å²) in [6.07, 6.45) is 7.07. The molecule has 1 heterocycles. The van der Waals surface area contributed by atoms with Crippen LogP contribution in [-0.4, -0.2) is 21.5 Å². The zero-order valence-electron chi connectivity index (χ0n) is 13.5. The molecule has 4 heteroatoms. The summed E-state index contributed by atoms with van der Waals surface area (Å²) in [5.74, 6) is 1.14. The molecule has 0 saturated carbocycles. The van der Waals surface area contributed by atoms with E-state index in [0.29, 0.717) is 13.0 Å². The summed E-state index contributed by atoms with van der Waals surface area (Å²) < 4.78 is 2.05. The number of nitrogens with zero attached hydrogens (tertiary/aromatic N) is 2. The SMILES string of the molecule is CCc1nccn1CCC(=O)NC(C)CCc1ccccc1. The summed E-state index contributed by atoms with van der Waals surface area (Å²) in [6.45, 7) is 4.83. The topological polar surface area (TPSA) is 46.9 Å². The lowest BCUT2D eigenvalue weighted by atomic mass is 10.1. The van der Waals surface area contributed by atoms with Crippen LogP contribution in [0.5, 0.6) is 0 Å². The molecular weight excluding hydrogens is 274 g/mol. The van der Waals surface area contributed by atoms with Crippen LogP contribution < -0.4 is 5.32 Å². The highest BCUT2D eigenvalue weighted by Crippen LogP contribution is 2.05. The molecule has 0 fully saturated rings. The molecule has 1 aromatic carbocycles. The molecular formula is C18H25N3O. The van der Waals surface area contributed by atoms with E-state index in [1.54, 1.807) is 6.20 Å². The second-order valence-electron chi connectivity index (χ2n) is 5.63. The van der Waals surface area contributed by atoms with Gasteiger partial charge in [0, 0.05) is 37.8 Å². The Hall–Kier alpha value is -2.10. The highest BCUT2D eigenvalue weighted by Gasteiger charge is 2.09. The number of benzene rings is 1. The molecule has 2 rings (SSSR count). The van der Waals surface area contributed by atoms with Crippen molar-refractivity contribution in [2.24, 2.45) is 0 Å². The molecule has 1 unspecified atom stereocenters. The van der Waals surface area contributed by atoms with Crippen molar-refractivity contribution in [1.29, 1.82) is 0 Å². The lowest BCUT2D eigenvalue weighted by Gasteiger charge is -2.14. The van der Waals surface area contributed by atoms with Crippen LogP contribution in [0.25, 0.3) is 0 Å². The first-order chi connectivity index (χ1) is 10.7. The Morgan fingerprint density at radius 1 is 1.32 bits per heavy atom. The molecule has 1 atom stereocenters. The number of hydrogen-bond donors (Lipinski definition) is 1. The maximum atomic E-state index is 12.0. The van der Waals surface area contributed by atoms with E-state index in [4.69, 9.17) is 0 Å². The van der Waals surface area contributed by atoms with E-state index >= 15 is 0 Å². The van der Waals surface area contributed by atoms with Gasteiger partial charge in [-0.1, -0.05) is 37.3 Å². The van der Waals surface area contributed by atoms with Gasteiger partial charge in [0.25, 0.3) is 0 Å². The van der Waals surface area contributed by atoms with Crippen LogP contribution >= 0.6 is 0 Å². The van der Waals surface area contributed by atoms with E-state index in [1.807, 2.05) is 16.8 Å². The largest absolute Gasteiger partial charge is 0.354 e. The average molecular weight is 299 g/mol. The molecule has 0 aliphatic heterocycles. The summed E-state index contributed by atoms with van der Waals surface area (Å²) in [7, 11) is 0. The van der Waals surface area contributed by atoms with Crippen LogP contribution in [0.1, 0.15) is 38.1 Å². The number of imidazole rings is 1. The van der Waals surface area contributed by atoms with Crippen molar-refractivity contribution < 1.29 is 4.79 Å². The number of carbonyl (C=O) groups excluding carboxylic acids is 1. The minimum Gasteiger partial charge on any atom is -0.354 e. The fourth-order valence-corrected chi connectivity index (χ4v) is 2.53. The maximum Gasteiger partial charge on any atom is 0.221 e. The summed E-state index contributed by atoms with van der Waals surface area (Å²) in [4.78, 5) is 16.3. The Morgan fingerprint density at radius 3 is 2.82 bits per heavy atom. The van der Waals surface area contributed by atoms with Gasteiger partial charge in [-0.2, -0.15) is 0 Å². The minimum absolute atomic E-state index is 0.108. The van der Waals surface area contributed by atoms with Gasteiger partial charge in [-0.15, -0.1) is 0 Å². The number of carbonyl (C=O) groups is 1. The third-order valence-corrected chi connectivity index (χ3v) is 3.81. The molecule has 0 radical (unpaired) electrons. The monoisotopic (exact) mass is 299 g/mol. The summed E-state index contributed by atoms with van der Waals surface area (Å²) in [6, 6.07) is 10.6. The number of rotatable bonds is 8. The Labute approximate surface area is 132 Å². The van der Waals surface area contributed by atoms with E-state index in [1.165, 1.54) is 5.56 Å². The molecule has 1 amide bonds. The summed E-state index contributed by atoms with van der Waals surface area (Å²) >= 11 is 0. The van der Waals surface area contributed by atoms with E-state index in [9.17, 15) is 4.79 Å². The molecule has 2 aromatic rings. The zero-order valence-corrected chi connectivity index (χ0v) is 13.5. The molecule has 1 aromatic heterocycles. The van der Waals surface area contributed by atoms with Gasteiger partial charge in [0.1, 0.15) is 5.82 Å². The molecule has 0 aliphatic carbocycles. The van der Waals surface area contributed by atoms with Crippen molar-refractivity contribution >= 4 is 5.91 Å². The van der Waals surface area contributed by atoms with Crippen LogP contribution in [0.4, 0.5) is 0 Å². The highest BCUT2D eigenvalue weighted by molar-refractivity contribution is 5.76. The Balaban J connectivity index is 1.70. The normalized spacial score (nSPS) is 12.1. The Bertz CT molecular complexity index is 577. The number of hydrogen-bond acceptors (Lipinski definition) is 2. The van der Waals surface area contributed by atoms with Gasteiger partial charge in [0.15, 0.2) is 0 Å². The minimum atomic E-state index is 0.108. The molecule has 1 N–H and O–H groups in total. The first kappa shape index (κ1) is 16.3. The van der Waals surface area contributed by atoms with Gasteiger partial charge >= 0.3 is 0 Å². The molecule has 0 spiro atoms. The first-order valence-corrected chi connectivity index (χ1v) is 8.02. The standard InChI is InChI=1S/C18H25N3O/c1-3-17-19-12-14-21(17)13-11-18(22)20-15(2)9-10-16-7-5-4-6-8-16/h4-8,12,14-15H,3,9-11,13H2,1-2H3,(H,20,22). The smallest absolute Gasteiger partial charge is 0.221 e. The predicted molar refractivity (Wildman–Crippen MR) is 88.6 cm³/mol. The number of aryl methyl sites for hydroxylation is 3. The number of amides is 1. The van der Waals surface area contributed by atoms with Crippen LogP contribution in [0.3, 0.4) is 0 Å². The molecule has 0 bridgehead atoms. The molecule has 118 valence electrons. The van der Waals surface area contributed by atoms with E-state index in [2.05, 4.69) is 48.4 Å². The lowest BCUT2D eigenvalue weighted by Crippen LogP contribution is -2.33. The quantitative estimate of drug-likeness (QED) is 0.814. The van der Waals surface area contributed by atoms with Crippen LogP contribution in [-0.2, 0) is 24.2 Å². The van der Waals surface area contributed by atoms with Crippen molar-refractivity contribution in [3.05, 3.63) is 54.1 Å². The Morgan fingerprint density at radius 2 is 2.09 bits per heavy atom. The molecule has 0 aliphatic rings. The van der Waals surface area contributed by atoms with Crippen molar-refractivity contribution in [2.45, 2.75) is 52.1 Å². The fourth-order valence-electron chi connectivity index (χ4n) is 2.53. The van der Waals surface area contributed by atoms with Crippen molar-refractivity contribution in [3.8, 4) is 0 Å². The van der Waals surface area contributed by atoms with Gasteiger partial charge in [-0.05, 0) is 25.3 Å². The third-order valence-electron chi connectivity index (χ3n) is 3.81. The fraction of sp³-hybridized carbons (Fsp3) is 0.444. The second kappa shape index (κ2) is 8.37. The second-order valence-corrected chi connectivity index (χ2v) is 5.63. The third kappa shape index (κ3) is 5.02. The number of aromatic nitrogens is 2.